The first kappa shape index (κ1) is 29.1. The van der Waals surface area contributed by atoms with Crippen LogP contribution in [0.2, 0.25) is 0 Å². The summed E-state index contributed by atoms with van der Waals surface area (Å²) in [7, 11) is 3.09. The normalized spacial score (nSPS) is 20.0. The van der Waals surface area contributed by atoms with Crippen molar-refractivity contribution in [3.05, 3.63) is 78.5 Å². The third kappa shape index (κ3) is 5.80. The summed E-state index contributed by atoms with van der Waals surface area (Å²) >= 11 is 0. The number of hydrogen-bond acceptors (Lipinski definition) is 10. The van der Waals surface area contributed by atoms with Gasteiger partial charge in [-0.05, 0) is 41.8 Å². The zero-order valence-electron chi connectivity index (χ0n) is 24.2. The Hall–Kier alpha value is -4.98. The third-order valence-electron chi connectivity index (χ3n) is 7.65. The number of nitrogens with one attached hydrogen (secondary N) is 3. The fourth-order valence-electron chi connectivity index (χ4n) is 5.42. The molecule has 0 aliphatic carbocycles. The van der Waals surface area contributed by atoms with Gasteiger partial charge in [0.05, 0.1) is 27.2 Å². The highest BCUT2D eigenvalue weighted by Crippen LogP contribution is 2.32. The zero-order valence-corrected chi connectivity index (χ0v) is 24.2. The summed E-state index contributed by atoms with van der Waals surface area (Å²) in [6.07, 6.45) is 5.65. The molecule has 0 unspecified atom stereocenters. The molecule has 3 aromatic heterocycles. The van der Waals surface area contributed by atoms with E-state index in [0.29, 0.717) is 40.6 Å². The van der Waals surface area contributed by atoms with E-state index in [-0.39, 0.29) is 0 Å². The summed E-state index contributed by atoms with van der Waals surface area (Å²) in [6.45, 7) is 0.169. The second-order valence-electron chi connectivity index (χ2n) is 10.3. The maximum atomic E-state index is 13.0. The molecule has 0 bridgehead atoms. The van der Waals surface area contributed by atoms with Gasteiger partial charge in [0.25, 0.3) is 0 Å². The molecule has 1 amide bonds. The molecule has 44 heavy (non-hydrogen) atoms. The lowest BCUT2D eigenvalue weighted by Crippen LogP contribution is -2.46. The number of hydrogen-bond donors (Lipinski definition) is 5. The van der Waals surface area contributed by atoms with E-state index in [0.717, 1.165) is 11.9 Å². The van der Waals surface area contributed by atoms with Gasteiger partial charge in [-0.25, -0.2) is 15.0 Å². The molecule has 6 rings (SSSR count). The number of carbonyl (C=O) groups is 1. The Kier molecular flexibility index (Phi) is 8.41. The second-order valence-corrected chi connectivity index (χ2v) is 10.3. The number of rotatable bonds is 11. The molecule has 0 radical (unpaired) electrons. The van der Waals surface area contributed by atoms with Crippen LogP contribution in [0.4, 0.5) is 5.82 Å². The third-order valence-corrected chi connectivity index (χ3v) is 7.65. The Morgan fingerprint density at radius 1 is 1.14 bits per heavy atom. The number of methoxy groups -OCH3 is 2. The van der Waals surface area contributed by atoms with Crippen molar-refractivity contribution < 1.29 is 29.2 Å². The molecule has 1 aliphatic heterocycles. The van der Waals surface area contributed by atoms with Gasteiger partial charge in [0.1, 0.15) is 36.1 Å². The first-order valence-electron chi connectivity index (χ1n) is 14.1. The van der Waals surface area contributed by atoms with E-state index in [2.05, 4.69) is 36.6 Å². The monoisotopic (exact) mass is 599 g/mol. The van der Waals surface area contributed by atoms with Gasteiger partial charge in [0, 0.05) is 35.8 Å². The molecule has 5 aromatic rings. The number of amides is 1. The van der Waals surface area contributed by atoms with Crippen LogP contribution < -0.4 is 20.1 Å². The molecular formula is C31H33N7O6. The van der Waals surface area contributed by atoms with Crippen molar-refractivity contribution >= 4 is 39.9 Å². The smallest absolute Gasteiger partial charge is 0.244 e. The minimum Gasteiger partial charge on any atom is -0.497 e. The number of para-hydroxylation sites is 1. The van der Waals surface area contributed by atoms with Crippen molar-refractivity contribution in [1.82, 2.24) is 29.8 Å². The van der Waals surface area contributed by atoms with Crippen molar-refractivity contribution in [1.29, 1.82) is 0 Å². The molecule has 1 saturated heterocycles. The number of carbonyl (C=O) groups excluding carboxylic acids is 1. The number of anilines is 1. The molecule has 5 N–H and O–H groups in total. The van der Waals surface area contributed by atoms with Gasteiger partial charge in [0.2, 0.25) is 5.91 Å². The summed E-state index contributed by atoms with van der Waals surface area (Å²) in [6, 6.07) is 12.5. The Labute approximate surface area is 252 Å². The molecule has 0 saturated carbocycles. The maximum Gasteiger partial charge on any atom is 0.244 e. The van der Waals surface area contributed by atoms with Gasteiger partial charge in [-0.15, -0.1) is 0 Å². The summed E-state index contributed by atoms with van der Waals surface area (Å²) in [4.78, 5) is 29.6. The van der Waals surface area contributed by atoms with Gasteiger partial charge in [-0.1, -0.05) is 18.2 Å². The van der Waals surface area contributed by atoms with Gasteiger partial charge in [-0.2, -0.15) is 0 Å². The lowest BCUT2D eigenvalue weighted by molar-refractivity contribution is -0.118. The second kappa shape index (κ2) is 12.7. The Balaban J connectivity index is 1.19. The Morgan fingerprint density at radius 2 is 1.93 bits per heavy atom. The highest BCUT2D eigenvalue weighted by Gasteiger charge is 2.45. The highest BCUT2D eigenvalue weighted by atomic mass is 16.5. The molecule has 1 fully saturated rings. The van der Waals surface area contributed by atoms with Crippen LogP contribution in [0.15, 0.2) is 67.4 Å². The Morgan fingerprint density at radius 3 is 2.70 bits per heavy atom. The molecule has 13 nitrogen and oxygen atoms in total. The van der Waals surface area contributed by atoms with E-state index in [4.69, 9.17) is 14.2 Å². The van der Waals surface area contributed by atoms with Crippen molar-refractivity contribution in [2.45, 2.75) is 30.9 Å². The van der Waals surface area contributed by atoms with Crippen LogP contribution in [0.3, 0.4) is 0 Å². The van der Waals surface area contributed by atoms with Crippen LogP contribution in [0.5, 0.6) is 11.5 Å². The van der Waals surface area contributed by atoms with E-state index in [1.54, 1.807) is 43.1 Å². The van der Waals surface area contributed by atoms with Gasteiger partial charge in [-0.3, -0.25) is 9.36 Å². The number of nitrogens with zero attached hydrogens (tertiary/aromatic N) is 4. The standard InChI is InChI=1S/C31H33N7O6/c1-42-20-11-18(12-21(13-20)43-2)7-8-25(40)37-26-28(41)24(15-39)44-31(26)38-17-36-27-29(34-16-35-30(27)38)32-10-9-19-14-33-23-6-4-3-5-22(19)23/h3-8,11-14,16-17,24,26,28,31,33,39,41H,9-10,15H2,1-2H3,(H,37,40)(H,32,34,35)/b8-7+/t24-,26-,28-,31-/m1/s1. The van der Waals surface area contributed by atoms with E-state index in [1.165, 1.54) is 29.7 Å². The van der Waals surface area contributed by atoms with Gasteiger partial charge >= 0.3 is 0 Å². The summed E-state index contributed by atoms with van der Waals surface area (Å²) in [5.74, 6) is 1.23. The van der Waals surface area contributed by atoms with Crippen LogP contribution in [-0.2, 0) is 16.0 Å². The number of aromatic amines is 1. The lowest BCUT2D eigenvalue weighted by Gasteiger charge is -2.22. The fraction of sp³-hybridized carbons (Fsp3) is 0.290. The fourth-order valence-corrected chi connectivity index (χ4v) is 5.42. The molecule has 2 aromatic carbocycles. The molecule has 13 heteroatoms. The number of aliphatic hydroxyl groups excluding tert-OH is 2. The number of aromatic nitrogens is 5. The van der Waals surface area contributed by atoms with Crippen LogP contribution in [0.25, 0.3) is 28.1 Å². The van der Waals surface area contributed by atoms with E-state index in [9.17, 15) is 15.0 Å². The number of benzene rings is 2. The SMILES string of the molecule is COc1cc(/C=C/C(=O)N[C@@H]2[C@H](O)[C@@H](CO)O[C@H]2n2cnc3c(NCCc4c[nH]c5ccccc45)ncnc32)cc(OC)c1. The van der Waals surface area contributed by atoms with Crippen molar-refractivity contribution in [2.75, 3.05) is 32.7 Å². The summed E-state index contributed by atoms with van der Waals surface area (Å²) in [5.41, 5.74) is 3.91. The topological polar surface area (TPSA) is 169 Å². The van der Waals surface area contributed by atoms with Crippen LogP contribution in [0.1, 0.15) is 17.4 Å². The molecule has 4 atom stereocenters. The van der Waals surface area contributed by atoms with Gasteiger partial charge in [0.15, 0.2) is 23.2 Å². The Bertz CT molecular complexity index is 1780. The number of H-pyrrole nitrogens is 1. The number of aliphatic hydroxyl groups is 2. The first-order valence-corrected chi connectivity index (χ1v) is 14.1. The average molecular weight is 600 g/mol. The highest BCUT2D eigenvalue weighted by molar-refractivity contribution is 5.92. The number of fused-ring (bicyclic) bond motifs is 2. The lowest BCUT2D eigenvalue weighted by atomic mass is 10.1. The van der Waals surface area contributed by atoms with Crippen molar-refractivity contribution in [2.24, 2.45) is 0 Å². The van der Waals surface area contributed by atoms with E-state index in [1.807, 2.05) is 24.4 Å². The number of imidazole rings is 1. The molecule has 4 heterocycles. The van der Waals surface area contributed by atoms with Crippen molar-refractivity contribution in [3.63, 3.8) is 0 Å². The predicted molar refractivity (Wildman–Crippen MR) is 163 cm³/mol. The largest absolute Gasteiger partial charge is 0.497 e. The number of ether oxygens (including phenoxy) is 3. The predicted octanol–water partition coefficient (Wildman–Crippen LogP) is 2.43. The average Bonchev–Trinajstić information content (AvgIpc) is 3.76. The molecule has 228 valence electrons. The minimum absolute atomic E-state index is 0.439. The van der Waals surface area contributed by atoms with Crippen LogP contribution in [0, 0.1) is 0 Å². The van der Waals surface area contributed by atoms with Crippen LogP contribution in [-0.4, -0.2) is 86.2 Å². The minimum atomic E-state index is -1.19. The summed E-state index contributed by atoms with van der Waals surface area (Å²) in [5, 5.41) is 28.2. The zero-order chi connectivity index (χ0) is 30.6. The summed E-state index contributed by atoms with van der Waals surface area (Å²) < 4.78 is 18.2. The van der Waals surface area contributed by atoms with Crippen molar-refractivity contribution in [3.8, 4) is 11.5 Å². The molecule has 1 aliphatic rings. The van der Waals surface area contributed by atoms with E-state index >= 15 is 0 Å². The first-order chi connectivity index (χ1) is 21.5. The molecular weight excluding hydrogens is 566 g/mol. The van der Waals surface area contributed by atoms with Crippen LogP contribution >= 0.6 is 0 Å². The van der Waals surface area contributed by atoms with E-state index < -0.39 is 37.0 Å². The quantitative estimate of drug-likeness (QED) is 0.142. The maximum absolute atomic E-state index is 13.0. The molecule has 0 spiro atoms. The van der Waals surface area contributed by atoms with Gasteiger partial charge < -0.3 is 40.0 Å².